The Morgan fingerprint density at radius 2 is 1.75 bits per heavy atom. The fraction of sp³-hybridized carbons (Fsp3) is 0.286. The molecule has 0 bridgehead atoms. The molecule has 150 valence electrons. The Morgan fingerprint density at radius 3 is 2.32 bits per heavy atom. The molecule has 0 spiro atoms. The molecule has 6 nitrogen and oxygen atoms in total. The normalized spacial score (nSPS) is 12.1. The van der Waals surface area contributed by atoms with Crippen LogP contribution < -0.4 is 10.1 Å². The number of anilines is 1. The SMILES string of the molecule is CCN(CC)S(=O)(=O)c1ccc(OC)c(NC(=O)C(C)=Cc2ccccc2)c1. The van der Waals surface area contributed by atoms with E-state index in [1.165, 1.54) is 23.5 Å². The maximum atomic E-state index is 12.8. The second-order valence-corrected chi connectivity index (χ2v) is 8.08. The van der Waals surface area contributed by atoms with Crippen LogP contribution in [-0.4, -0.2) is 38.8 Å². The fourth-order valence-corrected chi connectivity index (χ4v) is 4.23. The highest BCUT2D eigenvalue weighted by atomic mass is 32.2. The molecule has 0 aliphatic rings. The van der Waals surface area contributed by atoms with Crippen molar-refractivity contribution in [3.05, 3.63) is 59.7 Å². The number of rotatable bonds is 8. The summed E-state index contributed by atoms with van der Waals surface area (Å²) in [5, 5.41) is 2.75. The van der Waals surface area contributed by atoms with E-state index >= 15 is 0 Å². The molecule has 0 saturated heterocycles. The summed E-state index contributed by atoms with van der Waals surface area (Å²) in [5.41, 5.74) is 1.70. The summed E-state index contributed by atoms with van der Waals surface area (Å²) in [4.78, 5) is 12.7. The van der Waals surface area contributed by atoms with E-state index in [4.69, 9.17) is 4.74 Å². The van der Waals surface area contributed by atoms with Crippen molar-refractivity contribution in [2.24, 2.45) is 0 Å². The molecule has 1 N–H and O–H groups in total. The second kappa shape index (κ2) is 9.52. The van der Waals surface area contributed by atoms with Crippen molar-refractivity contribution < 1.29 is 17.9 Å². The first-order chi connectivity index (χ1) is 13.3. The first-order valence-electron chi connectivity index (χ1n) is 9.06. The first kappa shape index (κ1) is 21.7. The van der Waals surface area contributed by atoms with Crippen molar-refractivity contribution in [2.75, 3.05) is 25.5 Å². The summed E-state index contributed by atoms with van der Waals surface area (Å²) in [6.45, 7) is 6.00. The molecule has 0 aromatic heterocycles. The van der Waals surface area contributed by atoms with Gasteiger partial charge in [0.15, 0.2) is 0 Å². The van der Waals surface area contributed by atoms with E-state index in [2.05, 4.69) is 5.32 Å². The third kappa shape index (κ3) is 4.99. The van der Waals surface area contributed by atoms with Crippen molar-refractivity contribution >= 4 is 27.7 Å². The standard InChI is InChI=1S/C21H26N2O4S/c1-5-23(6-2)28(25,26)18-12-13-20(27-4)19(15-18)22-21(24)16(3)14-17-10-8-7-9-11-17/h7-15H,5-6H2,1-4H3,(H,22,24). The molecule has 0 radical (unpaired) electrons. The quantitative estimate of drug-likeness (QED) is 0.682. The van der Waals surface area contributed by atoms with Gasteiger partial charge in [-0.1, -0.05) is 44.2 Å². The van der Waals surface area contributed by atoms with Gasteiger partial charge in [0.1, 0.15) is 5.75 Å². The molecular weight excluding hydrogens is 376 g/mol. The number of carbonyl (C=O) groups is 1. The van der Waals surface area contributed by atoms with E-state index in [-0.39, 0.29) is 10.8 Å². The lowest BCUT2D eigenvalue weighted by molar-refractivity contribution is -0.112. The molecule has 2 aromatic carbocycles. The Kier molecular flexibility index (Phi) is 7.37. The minimum absolute atomic E-state index is 0.108. The van der Waals surface area contributed by atoms with E-state index in [0.717, 1.165) is 5.56 Å². The summed E-state index contributed by atoms with van der Waals surface area (Å²) in [6, 6.07) is 13.9. The predicted octanol–water partition coefficient (Wildman–Crippen LogP) is 3.77. The van der Waals surface area contributed by atoms with Gasteiger partial charge in [0, 0.05) is 18.7 Å². The Hall–Kier alpha value is -2.64. The molecule has 0 unspecified atom stereocenters. The summed E-state index contributed by atoms with van der Waals surface area (Å²) < 4.78 is 32.2. The molecule has 2 rings (SSSR count). The first-order valence-corrected chi connectivity index (χ1v) is 10.5. The maximum Gasteiger partial charge on any atom is 0.251 e. The van der Waals surface area contributed by atoms with Gasteiger partial charge in [-0.2, -0.15) is 4.31 Å². The molecule has 28 heavy (non-hydrogen) atoms. The van der Waals surface area contributed by atoms with Gasteiger partial charge in [-0.25, -0.2) is 8.42 Å². The number of amides is 1. The summed E-state index contributed by atoms with van der Waals surface area (Å²) in [7, 11) is -2.17. The van der Waals surface area contributed by atoms with Crippen LogP contribution in [0.15, 0.2) is 59.0 Å². The molecular formula is C21H26N2O4S. The van der Waals surface area contributed by atoms with Crippen LogP contribution in [0.25, 0.3) is 6.08 Å². The molecule has 2 aromatic rings. The van der Waals surface area contributed by atoms with E-state index < -0.39 is 10.0 Å². The van der Waals surface area contributed by atoms with Gasteiger partial charge in [-0.3, -0.25) is 4.79 Å². The molecule has 0 atom stereocenters. The van der Waals surface area contributed by atoms with E-state index in [1.54, 1.807) is 32.9 Å². The fourth-order valence-electron chi connectivity index (χ4n) is 2.74. The van der Waals surface area contributed by atoms with Gasteiger partial charge in [0.2, 0.25) is 10.0 Å². The van der Waals surface area contributed by atoms with Gasteiger partial charge in [-0.15, -0.1) is 0 Å². The largest absolute Gasteiger partial charge is 0.495 e. The van der Waals surface area contributed by atoms with Crippen molar-refractivity contribution in [3.8, 4) is 5.75 Å². The van der Waals surface area contributed by atoms with Crippen molar-refractivity contribution in [1.29, 1.82) is 0 Å². The van der Waals surface area contributed by atoms with Crippen molar-refractivity contribution in [1.82, 2.24) is 4.31 Å². The zero-order chi connectivity index (χ0) is 20.7. The molecule has 0 saturated carbocycles. The number of hydrogen-bond donors (Lipinski definition) is 1. The lowest BCUT2D eigenvalue weighted by atomic mass is 10.1. The van der Waals surface area contributed by atoms with Crippen LogP contribution in [0.4, 0.5) is 5.69 Å². The number of ether oxygens (including phenoxy) is 1. The van der Waals surface area contributed by atoms with Crippen LogP contribution in [-0.2, 0) is 14.8 Å². The third-order valence-corrected chi connectivity index (χ3v) is 6.35. The van der Waals surface area contributed by atoms with Crippen LogP contribution in [0.3, 0.4) is 0 Å². The number of benzene rings is 2. The van der Waals surface area contributed by atoms with Gasteiger partial charge in [-0.05, 0) is 36.8 Å². The number of methoxy groups -OCH3 is 1. The predicted molar refractivity (Wildman–Crippen MR) is 112 cm³/mol. The number of nitrogens with one attached hydrogen (secondary N) is 1. The highest BCUT2D eigenvalue weighted by Crippen LogP contribution is 2.29. The topological polar surface area (TPSA) is 75.7 Å². The zero-order valence-corrected chi connectivity index (χ0v) is 17.4. The van der Waals surface area contributed by atoms with Crippen LogP contribution in [0.5, 0.6) is 5.75 Å². The Morgan fingerprint density at radius 1 is 1.11 bits per heavy atom. The minimum atomic E-state index is -3.64. The molecule has 0 heterocycles. The monoisotopic (exact) mass is 402 g/mol. The highest BCUT2D eigenvalue weighted by molar-refractivity contribution is 7.89. The summed E-state index contributed by atoms with van der Waals surface area (Å²) in [6.07, 6.45) is 1.76. The summed E-state index contributed by atoms with van der Waals surface area (Å²) >= 11 is 0. The molecule has 7 heteroatoms. The average Bonchev–Trinajstić information content (AvgIpc) is 2.69. The van der Waals surface area contributed by atoms with Crippen molar-refractivity contribution in [3.63, 3.8) is 0 Å². The van der Waals surface area contributed by atoms with Crippen LogP contribution in [0.2, 0.25) is 0 Å². The molecule has 1 amide bonds. The molecule has 0 aliphatic carbocycles. The Bertz CT molecular complexity index is 950. The zero-order valence-electron chi connectivity index (χ0n) is 16.6. The van der Waals surface area contributed by atoms with E-state index in [0.29, 0.717) is 30.1 Å². The van der Waals surface area contributed by atoms with Gasteiger partial charge < -0.3 is 10.1 Å². The number of carbonyl (C=O) groups excluding carboxylic acids is 1. The summed E-state index contributed by atoms with van der Waals surface area (Å²) in [5.74, 6) is 0.0545. The maximum absolute atomic E-state index is 12.8. The number of sulfonamides is 1. The third-order valence-electron chi connectivity index (χ3n) is 4.30. The highest BCUT2D eigenvalue weighted by Gasteiger charge is 2.23. The van der Waals surface area contributed by atoms with E-state index in [1.807, 2.05) is 30.3 Å². The lowest BCUT2D eigenvalue weighted by Gasteiger charge is -2.19. The van der Waals surface area contributed by atoms with E-state index in [9.17, 15) is 13.2 Å². The second-order valence-electron chi connectivity index (χ2n) is 6.14. The molecule has 0 aliphatic heterocycles. The molecule has 0 fully saturated rings. The van der Waals surface area contributed by atoms with Gasteiger partial charge >= 0.3 is 0 Å². The van der Waals surface area contributed by atoms with Crippen LogP contribution >= 0.6 is 0 Å². The number of nitrogens with zero attached hydrogens (tertiary/aromatic N) is 1. The van der Waals surface area contributed by atoms with Crippen LogP contribution in [0.1, 0.15) is 26.3 Å². The Balaban J connectivity index is 2.34. The van der Waals surface area contributed by atoms with Crippen LogP contribution in [0, 0.1) is 0 Å². The minimum Gasteiger partial charge on any atom is -0.495 e. The number of hydrogen-bond acceptors (Lipinski definition) is 4. The van der Waals surface area contributed by atoms with Gasteiger partial charge in [0.25, 0.3) is 5.91 Å². The lowest BCUT2D eigenvalue weighted by Crippen LogP contribution is -2.30. The van der Waals surface area contributed by atoms with Gasteiger partial charge in [0.05, 0.1) is 17.7 Å². The average molecular weight is 403 g/mol. The van der Waals surface area contributed by atoms with Crippen molar-refractivity contribution in [2.45, 2.75) is 25.7 Å². The smallest absolute Gasteiger partial charge is 0.251 e. The Labute approximate surface area is 166 Å².